The molecule has 0 spiro atoms. The van der Waals surface area contributed by atoms with E-state index in [9.17, 15) is 27.5 Å². The molecule has 1 aliphatic rings. The molecule has 0 radical (unpaired) electrons. The van der Waals surface area contributed by atoms with Crippen LogP contribution in [-0.4, -0.2) is 45.3 Å². The first kappa shape index (κ1) is 14.4. The summed E-state index contributed by atoms with van der Waals surface area (Å²) in [6.45, 7) is 0. The van der Waals surface area contributed by atoms with Gasteiger partial charge in [-0.3, -0.25) is 9.78 Å². The van der Waals surface area contributed by atoms with Gasteiger partial charge in [0.2, 0.25) is 5.72 Å². The Balaban J connectivity index is 2.38. The van der Waals surface area contributed by atoms with Gasteiger partial charge in [-0.1, -0.05) is 0 Å². The van der Waals surface area contributed by atoms with Crippen LogP contribution in [0.15, 0.2) is 29.6 Å². The molecule has 0 bridgehead atoms. The van der Waals surface area contributed by atoms with E-state index in [1.54, 1.807) is 0 Å². The monoisotopic (exact) mass is 291 g/mol. The zero-order valence-corrected chi connectivity index (χ0v) is 9.88. The van der Waals surface area contributed by atoms with Crippen molar-refractivity contribution >= 4 is 11.6 Å². The normalized spacial score (nSPS) is 22.6. The topological polar surface area (TPSA) is 65.8 Å². The Morgan fingerprint density at radius 2 is 1.90 bits per heavy atom. The third kappa shape index (κ3) is 2.36. The molecule has 0 aromatic carbocycles. The number of alkyl halides is 4. The van der Waals surface area contributed by atoms with E-state index in [4.69, 9.17) is 0 Å². The summed E-state index contributed by atoms with van der Waals surface area (Å²) in [5, 5.41) is 12.9. The summed E-state index contributed by atoms with van der Waals surface area (Å²) in [7, 11) is 0. The molecule has 1 N–H and O–H groups in total. The quantitative estimate of drug-likeness (QED) is 0.858. The van der Waals surface area contributed by atoms with E-state index in [1.807, 2.05) is 0 Å². The van der Waals surface area contributed by atoms with Crippen LogP contribution in [0.1, 0.15) is 16.8 Å². The molecule has 2 heterocycles. The van der Waals surface area contributed by atoms with E-state index < -0.39 is 36.6 Å². The summed E-state index contributed by atoms with van der Waals surface area (Å²) in [6, 6.07) is 2.40. The van der Waals surface area contributed by atoms with Crippen molar-refractivity contribution in [3.63, 3.8) is 0 Å². The van der Waals surface area contributed by atoms with Crippen LogP contribution in [-0.2, 0) is 0 Å². The maximum atomic E-state index is 12.9. The first-order valence-electron chi connectivity index (χ1n) is 5.47. The molecule has 0 saturated carbocycles. The van der Waals surface area contributed by atoms with Gasteiger partial charge in [0, 0.05) is 24.4 Å². The van der Waals surface area contributed by atoms with Gasteiger partial charge in [-0.05, 0) is 12.1 Å². The molecule has 20 heavy (non-hydrogen) atoms. The molecule has 2 rings (SSSR count). The lowest BCUT2D eigenvalue weighted by Crippen LogP contribution is -2.51. The Morgan fingerprint density at radius 1 is 1.30 bits per heavy atom. The molecule has 1 atom stereocenters. The molecule has 0 aliphatic carbocycles. The van der Waals surface area contributed by atoms with Gasteiger partial charge in [-0.15, -0.1) is 0 Å². The highest BCUT2D eigenvalue weighted by Gasteiger charge is 2.53. The lowest BCUT2D eigenvalue weighted by molar-refractivity contribution is -0.164. The molecule has 0 unspecified atom stereocenters. The molecule has 1 aromatic rings. The second-order valence-electron chi connectivity index (χ2n) is 4.10. The fraction of sp³-hybridized carbons (Fsp3) is 0.364. The summed E-state index contributed by atoms with van der Waals surface area (Å²) in [5.74, 6) is -1.11. The lowest BCUT2D eigenvalue weighted by Gasteiger charge is -2.29. The van der Waals surface area contributed by atoms with E-state index >= 15 is 0 Å². The molecule has 9 heteroatoms. The van der Waals surface area contributed by atoms with Crippen LogP contribution >= 0.6 is 0 Å². The summed E-state index contributed by atoms with van der Waals surface area (Å²) in [6.07, 6.45) is -5.21. The molecule has 1 aromatic heterocycles. The van der Waals surface area contributed by atoms with Gasteiger partial charge in [0.15, 0.2) is 0 Å². The smallest absolute Gasteiger partial charge is 0.287 e. The number of amides is 1. The number of aliphatic hydroxyl groups is 1. The standard InChI is InChI=1S/C11H9F4N3O2/c12-8(13)7-5-11(20,10(14)15)18(17-7)9(19)6-1-3-16-4-2-6/h1-4,8,10,20H,5H2/t11-/m1/s1. The molecule has 108 valence electrons. The van der Waals surface area contributed by atoms with Crippen LogP contribution in [0.25, 0.3) is 0 Å². The van der Waals surface area contributed by atoms with E-state index in [0.717, 1.165) is 0 Å². The van der Waals surface area contributed by atoms with E-state index in [0.29, 0.717) is 0 Å². The van der Waals surface area contributed by atoms with Crippen molar-refractivity contribution in [2.75, 3.05) is 0 Å². The van der Waals surface area contributed by atoms with E-state index in [1.165, 1.54) is 24.5 Å². The zero-order valence-electron chi connectivity index (χ0n) is 9.88. The fourth-order valence-corrected chi connectivity index (χ4v) is 1.72. The van der Waals surface area contributed by atoms with Crippen molar-refractivity contribution in [2.24, 2.45) is 5.10 Å². The molecule has 5 nitrogen and oxygen atoms in total. The number of carbonyl (C=O) groups excluding carboxylic acids is 1. The number of carbonyl (C=O) groups is 1. The summed E-state index contributed by atoms with van der Waals surface area (Å²) >= 11 is 0. The zero-order chi connectivity index (χ0) is 14.9. The first-order valence-corrected chi connectivity index (χ1v) is 5.47. The Labute approximate surface area is 110 Å². The minimum absolute atomic E-state index is 0.00843. The van der Waals surface area contributed by atoms with Crippen LogP contribution in [0.5, 0.6) is 0 Å². The minimum atomic E-state index is -3.44. The number of nitrogens with zero attached hydrogens (tertiary/aromatic N) is 3. The number of aromatic nitrogens is 1. The van der Waals surface area contributed by atoms with Crippen LogP contribution in [0, 0.1) is 0 Å². The highest BCUT2D eigenvalue weighted by atomic mass is 19.3. The predicted octanol–water partition coefficient (Wildman–Crippen LogP) is 1.50. The molecular formula is C11H9F4N3O2. The third-order valence-electron chi connectivity index (χ3n) is 2.76. The van der Waals surface area contributed by atoms with Gasteiger partial charge in [0.25, 0.3) is 18.8 Å². The van der Waals surface area contributed by atoms with Crippen LogP contribution in [0.4, 0.5) is 17.6 Å². The predicted molar refractivity (Wildman–Crippen MR) is 59.4 cm³/mol. The van der Waals surface area contributed by atoms with Gasteiger partial charge < -0.3 is 5.11 Å². The Bertz CT molecular complexity index is 538. The SMILES string of the molecule is O=C(c1ccncc1)N1N=C(C(F)F)C[C@@]1(O)C(F)F. The number of hydrazone groups is 1. The molecule has 0 saturated heterocycles. The summed E-state index contributed by atoms with van der Waals surface area (Å²) < 4.78 is 50.9. The Kier molecular flexibility index (Phi) is 3.71. The second kappa shape index (κ2) is 5.16. The number of rotatable bonds is 3. The van der Waals surface area contributed by atoms with Crippen molar-refractivity contribution in [3.8, 4) is 0 Å². The van der Waals surface area contributed by atoms with Gasteiger partial charge >= 0.3 is 0 Å². The Morgan fingerprint density at radius 3 is 2.40 bits per heavy atom. The first-order chi connectivity index (χ1) is 9.36. The van der Waals surface area contributed by atoms with Crippen molar-refractivity contribution in [3.05, 3.63) is 30.1 Å². The third-order valence-corrected chi connectivity index (χ3v) is 2.76. The number of hydrogen-bond acceptors (Lipinski definition) is 4. The molecule has 0 fully saturated rings. The van der Waals surface area contributed by atoms with Crippen molar-refractivity contribution in [2.45, 2.75) is 25.0 Å². The Hall–Kier alpha value is -2.03. The molecule has 1 aliphatic heterocycles. The van der Waals surface area contributed by atoms with Crippen molar-refractivity contribution < 1.29 is 27.5 Å². The number of pyridine rings is 1. The van der Waals surface area contributed by atoms with Crippen molar-refractivity contribution in [1.29, 1.82) is 0 Å². The average Bonchev–Trinajstić information content (AvgIpc) is 2.79. The second-order valence-corrected chi connectivity index (χ2v) is 4.10. The van der Waals surface area contributed by atoms with Crippen LogP contribution in [0.3, 0.4) is 0 Å². The average molecular weight is 291 g/mol. The summed E-state index contributed by atoms with van der Waals surface area (Å²) in [4.78, 5) is 15.6. The number of halogens is 4. The van der Waals surface area contributed by atoms with Crippen molar-refractivity contribution in [1.82, 2.24) is 9.99 Å². The summed E-state index contributed by atoms with van der Waals surface area (Å²) in [5.41, 5.74) is -4.12. The minimum Gasteiger partial charge on any atom is -0.364 e. The van der Waals surface area contributed by atoms with Gasteiger partial charge in [0.05, 0.1) is 0 Å². The van der Waals surface area contributed by atoms with Gasteiger partial charge in [-0.2, -0.15) is 10.1 Å². The van der Waals surface area contributed by atoms with E-state index in [2.05, 4.69) is 10.1 Å². The van der Waals surface area contributed by atoms with Crippen LogP contribution < -0.4 is 0 Å². The lowest BCUT2D eigenvalue weighted by atomic mass is 10.1. The van der Waals surface area contributed by atoms with Gasteiger partial charge in [-0.25, -0.2) is 17.6 Å². The fourth-order valence-electron chi connectivity index (χ4n) is 1.72. The highest BCUT2D eigenvalue weighted by Crippen LogP contribution is 2.34. The van der Waals surface area contributed by atoms with Gasteiger partial charge in [0.1, 0.15) is 5.71 Å². The van der Waals surface area contributed by atoms with Crippen LogP contribution in [0.2, 0.25) is 0 Å². The number of hydrogen-bond donors (Lipinski definition) is 1. The maximum Gasteiger partial charge on any atom is 0.287 e. The highest BCUT2D eigenvalue weighted by molar-refractivity contribution is 5.98. The molecular weight excluding hydrogens is 282 g/mol. The maximum absolute atomic E-state index is 12.9. The van der Waals surface area contributed by atoms with E-state index in [-0.39, 0.29) is 10.6 Å². The molecule has 1 amide bonds. The largest absolute Gasteiger partial charge is 0.364 e.